The van der Waals surface area contributed by atoms with Crippen LogP contribution < -0.4 is 5.32 Å². The summed E-state index contributed by atoms with van der Waals surface area (Å²) >= 11 is 0. The van der Waals surface area contributed by atoms with Gasteiger partial charge in [0.1, 0.15) is 11.6 Å². The molecule has 0 spiro atoms. The van der Waals surface area contributed by atoms with Gasteiger partial charge in [-0.15, -0.1) is 0 Å². The third-order valence-corrected chi connectivity index (χ3v) is 4.51. The van der Waals surface area contributed by atoms with E-state index in [1.165, 1.54) is 6.07 Å². The lowest BCUT2D eigenvalue weighted by Gasteiger charge is -2.36. The summed E-state index contributed by atoms with van der Waals surface area (Å²) in [7, 11) is 0. The Balaban J connectivity index is 1.93. The molecular formula is C17H23F2NO. The molecule has 0 radical (unpaired) electrons. The van der Waals surface area contributed by atoms with Crippen LogP contribution in [0.3, 0.4) is 0 Å². The van der Waals surface area contributed by atoms with Crippen molar-refractivity contribution in [2.24, 2.45) is 17.3 Å². The van der Waals surface area contributed by atoms with Crippen molar-refractivity contribution in [3.05, 3.63) is 29.8 Å². The molecule has 0 unspecified atom stereocenters. The summed E-state index contributed by atoms with van der Waals surface area (Å²) in [6, 6.07) is 3.20. The largest absolute Gasteiger partial charge is 0.323 e. The van der Waals surface area contributed by atoms with Crippen LogP contribution in [-0.4, -0.2) is 5.91 Å². The number of rotatable bonds is 2. The normalized spacial score (nSPS) is 22.9. The first-order valence-corrected chi connectivity index (χ1v) is 7.53. The average Bonchev–Trinajstić information content (AvgIpc) is 2.41. The van der Waals surface area contributed by atoms with Crippen LogP contribution in [0, 0.1) is 28.9 Å². The maximum absolute atomic E-state index is 13.5. The minimum absolute atomic E-state index is 0.0549. The zero-order valence-electron chi connectivity index (χ0n) is 12.9. The Bertz CT molecular complexity index is 514. The molecule has 0 aliphatic heterocycles. The van der Waals surface area contributed by atoms with Gasteiger partial charge in [-0.3, -0.25) is 4.79 Å². The minimum Gasteiger partial charge on any atom is -0.323 e. The fraction of sp³-hybridized carbons (Fsp3) is 0.588. The number of benzene rings is 1. The van der Waals surface area contributed by atoms with Crippen LogP contribution in [-0.2, 0) is 4.79 Å². The first-order chi connectivity index (χ1) is 9.77. The standard InChI is InChI=1S/C17H23F2NO/c1-17(2,3)12-6-4-11(5-7-12)16(21)20-15-9-8-13(18)10-14(15)19/h8-12H,4-7H2,1-3H3,(H,20,21). The molecule has 0 aromatic heterocycles. The van der Waals surface area contributed by atoms with E-state index in [1.54, 1.807) is 0 Å². The molecule has 1 aromatic rings. The molecule has 1 N–H and O–H groups in total. The van der Waals surface area contributed by atoms with Gasteiger partial charge >= 0.3 is 0 Å². The quantitative estimate of drug-likeness (QED) is 0.837. The molecule has 2 nitrogen and oxygen atoms in total. The number of hydrogen-bond acceptors (Lipinski definition) is 1. The van der Waals surface area contributed by atoms with Gasteiger partial charge < -0.3 is 5.32 Å². The van der Waals surface area contributed by atoms with Crippen LogP contribution in [0.15, 0.2) is 18.2 Å². The fourth-order valence-corrected chi connectivity index (χ4v) is 3.05. The molecule has 1 aromatic carbocycles. The zero-order chi connectivity index (χ0) is 15.6. The number of hydrogen-bond donors (Lipinski definition) is 1. The van der Waals surface area contributed by atoms with Crippen molar-refractivity contribution < 1.29 is 13.6 Å². The Kier molecular flexibility index (Phi) is 4.64. The Hall–Kier alpha value is -1.45. The number of nitrogens with one attached hydrogen (secondary N) is 1. The molecule has 4 heteroatoms. The summed E-state index contributed by atoms with van der Waals surface area (Å²) in [6.45, 7) is 6.68. The van der Waals surface area contributed by atoms with Crippen LogP contribution >= 0.6 is 0 Å². The van der Waals surface area contributed by atoms with Gasteiger partial charge in [0, 0.05) is 12.0 Å². The lowest BCUT2D eigenvalue weighted by atomic mass is 9.69. The first kappa shape index (κ1) is 15.9. The molecule has 1 aliphatic carbocycles. The van der Waals surface area contributed by atoms with Gasteiger partial charge in [0.25, 0.3) is 0 Å². The van der Waals surface area contributed by atoms with Crippen molar-refractivity contribution >= 4 is 11.6 Å². The average molecular weight is 295 g/mol. The monoisotopic (exact) mass is 295 g/mol. The van der Waals surface area contributed by atoms with E-state index in [0.717, 1.165) is 37.8 Å². The number of halogens is 2. The van der Waals surface area contributed by atoms with Crippen LogP contribution in [0.25, 0.3) is 0 Å². The molecule has 0 atom stereocenters. The Morgan fingerprint density at radius 2 is 1.76 bits per heavy atom. The maximum Gasteiger partial charge on any atom is 0.227 e. The molecular weight excluding hydrogens is 272 g/mol. The highest BCUT2D eigenvalue weighted by Crippen LogP contribution is 2.40. The highest BCUT2D eigenvalue weighted by molar-refractivity contribution is 5.92. The Morgan fingerprint density at radius 3 is 2.29 bits per heavy atom. The SMILES string of the molecule is CC(C)(C)C1CCC(C(=O)Nc2ccc(F)cc2F)CC1. The van der Waals surface area contributed by atoms with Crippen molar-refractivity contribution in [1.29, 1.82) is 0 Å². The second-order valence-electron chi connectivity index (χ2n) is 7.03. The van der Waals surface area contributed by atoms with Crippen LogP contribution in [0.4, 0.5) is 14.5 Å². The van der Waals surface area contributed by atoms with E-state index in [4.69, 9.17) is 0 Å². The summed E-state index contributed by atoms with van der Waals surface area (Å²) in [5.74, 6) is -0.979. The van der Waals surface area contributed by atoms with E-state index < -0.39 is 11.6 Å². The topological polar surface area (TPSA) is 29.1 Å². The van der Waals surface area contributed by atoms with Crippen molar-refractivity contribution in [3.63, 3.8) is 0 Å². The third-order valence-electron chi connectivity index (χ3n) is 4.51. The smallest absolute Gasteiger partial charge is 0.227 e. The second kappa shape index (κ2) is 6.12. The van der Waals surface area contributed by atoms with Gasteiger partial charge in [0.2, 0.25) is 5.91 Å². The fourth-order valence-electron chi connectivity index (χ4n) is 3.05. The molecule has 116 valence electrons. The lowest BCUT2D eigenvalue weighted by molar-refractivity contribution is -0.121. The lowest BCUT2D eigenvalue weighted by Crippen LogP contribution is -2.31. The molecule has 1 fully saturated rings. The summed E-state index contributed by atoms with van der Waals surface area (Å²) in [5.41, 5.74) is 0.323. The summed E-state index contributed by atoms with van der Waals surface area (Å²) in [5, 5.41) is 2.58. The van der Waals surface area contributed by atoms with E-state index in [2.05, 4.69) is 26.1 Å². The van der Waals surface area contributed by atoms with E-state index in [9.17, 15) is 13.6 Å². The van der Waals surface area contributed by atoms with E-state index in [0.29, 0.717) is 5.92 Å². The van der Waals surface area contributed by atoms with Crippen LogP contribution in [0.2, 0.25) is 0 Å². The van der Waals surface area contributed by atoms with Gasteiger partial charge in [-0.25, -0.2) is 8.78 Å². The molecule has 21 heavy (non-hydrogen) atoms. The first-order valence-electron chi connectivity index (χ1n) is 7.53. The van der Waals surface area contributed by atoms with Gasteiger partial charge in [-0.2, -0.15) is 0 Å². The van der Waals surface area contributed by atoms with Crippen molar-refractivity contribution in [2.75, 3.05) is 5.32 Å². The van der Waals surface area contributed by atoms with E-state index >= 15 is 0 Å². The number of carbonyl (C=O) groups is 1. The maximum atomic E-state index is 13.5. The molecule has 2 rings (SSSR count). The minimum atomic E-state index is -0.730. The Labute approximate surface area is 124 Å². The predicted octanol–water partition coefficient (Wildman–Crippen LogP) is 4.76. The van der Waals surface area contributed by atoms with Gasteiger partial charge in [-0.1, -0.05) is 20.8 Å². The molecule has 1 saturated carbocycles. The van der Waals surface area contributed by atoms with Gasteiger partial charge in [0.05, 0.1) is 5.69 Å². The highest BCUT2D eigenvalue weighted by atomic mass is 19.1. The zero-order valence-corrected chi connectivity index (χ0v) is 12.9. The predicted molar refractivity (Wildman–Crippen MR) is 79.9 cm³/mol. The van der Waals surface area contributed by atoms with Crippen molar-refractivity contribution in [1.82, 2.24) is 0 Å². The summed E-state index contributed by atoms with van der Waals surface area (Å²) in [6.07, 6.45) is 3.70. The van der Waals surface area contributed by atoms with Crippen molar-refractivity contribution in [2.45, 2.75) is 46.5 Å². The number of amides is 1. The molecule has 1 amide bonds. The van der Waals surface area contributed by atoms with Gasteiger partial charge in [-0.05, 0) is 49.1 Å². The van der Waals surface area contributed by atoms with E-state index in [1.807, 2.05) is 0 Å². The van der Waals surface area contributed by atoms with Gasteiger partial charge in [0.15, 0.2) is 0 Å². The Morgan fingerprint density at radius 1 is 1.14 bits per heavy atom. The highest BCUT2D eigenvalue weighted by Gasteiger charge is 2.32. The summed E-state index contributed by atoms with van der Waals surface area (Å²) in [4.78, 5) is 12.2. The van der Waals surface area contributed by atoms with Crippen LogP contribution in [0.1, 0.15) is 46.5 Å². The molecule has 0 saturated heterocycles. The summed E-state index contributed by atoms with van der Waals surface area (Å²) < 4.78 is 26.4. The van der Waals surface area contributed by atoms with Crippen LogP contribution in [0.5, 0.6) is 0 Å². The second-order valence-corrected chi connectivity index (χ2v) is 7.03. The molecule has 1 aliphatic rings. The third kappa shape index (κ3) is 4.02. The number of carbonyl (C=O) groups excluding carboxylic acids is 1. The number of anilines is 1. The van der Waals surface area contributed by atoms with Crippen molar-refractivity contribution in [3.8, 4) is 0 Å². The van der Waals surface area contributed by atoms with E-state index in [-0.39, 0.29) is 22.9 Å². The molecule has 0 bridgehead atoms. The molecule has 0 heterocycles.